The molecule has 3 heterocycles. The molecular formula is C31H32N2O6. The predicted octanol–water partition coefficient (Wildman–Crippen LogP) is 3.98. The van der Waals surface area contributed by atoms with Gasteiger partial charge in [-0.05, 0) is 54.8 Å². The second kappa shape index (κ2) is 11.0. The molecule has 0 aromatic heterocycles. The van der Waals surface area contributed by atoms with Crippen molar-refractivity contribution in [3.8, 4) is 0 Å². The SMILES string of the molecule is O=C1c2ccccc2C(=O)N1c1ccc([C@@H]2O[C@H](CN3CCC[C@H]3CO)C[C@H](c3ccc(CO)cc3)O2)cc1. The molecule has 4 atom stereocenters. The molecule has 3 aromatic carbocycles. The molecule has 3 aliphatic heterocycles. The maximum absolute atomic E-state index is 12.9. The van der Waals surface area contributed by atoms with E-state index >= 15 is 0 Å². The number of imide groups is 1. The third-order valence-corrected chi connectivity index (χ3v) is 7.98. The van der Waals surface area contributed by atoms with Crippen LogP contribution in [-0.4, -0.2) is 58.8 Å². The first kappa shape index (κ1) is 25.9. The molecule has 2 amide bonds. The maximum atomic E-state index is 12.9. The summed E-state index contributed by atoms with van der Waals surface area (Å²) >= 11 is 0. The highest BCUT2D eigenvalue weighted by Crippen LogP contribution is 2.39. The van der Waals surface area contributed by atoms with Crippen LogP contribution >= 0.6 is 0 Å². The van der Waals surface area contributed by atoms with E-state index in [1.165, 1.54) is 4.90 Å². The first-order valence-corrected chi connectivity index (χ1v) is 13.5. The van der Waals surface area contributed by atoms with E-state index in [2.05, 4.69) is 4.90 Å². The number of carbonyl (C=O) groups excluding carboxylic acids is 2. The second-order valence-electron chi connectivity index (χ2n) is 10.4. The Morgan fingerprint density at radius 2 is 1.49 bits per heavy atom. The number of fused-ring (bicyclic) bond motifs is 1. The van der Waals surface area contributed by atoms with Gasteiger partial charge < -0.3 is 19.7 Å². The third-order valence-electron chi connectivity index (χ3n) is 7.98. The summed E-state index contributed by atoms with van der Waals surface area (Å²) in [4.78, 5) is 29.3. The summed E-state index contributed by atoms with van der Waals surface area (Å²) in [5, 5.41) is 19.2. The van der Waals surface area contributed by atoms with Gasteiger partial charge in [0.2, 0.25) is 0 Å². The zero-order chi connectivity index (χ0) is 26.9. The number of benzene rings is 3. The van der Waals surface area contributed by atoms with Gasteiger partial charge in [-0.2, -0.15) is 0 Å². The lowest BCUT2D eigenvalue weighted by atomic mass is 9.99. The number of carbonyl (C=O) groups is 2. The first-order chi connectivity index (χ1) is 19.1. The quantitative estimate of drug-likeness (QED) is 0.448. The van der Waals surface area contributed by atoms with E-state index in [-0.39, 0.29) is 43.3 Å². The molecule has 39 heavy (non-hydrogen) atoms. The van der Waals surface area contributed by atoms with Crippen molar-refractivity contribution < 1.29 is 29.3 Å². The normalized spacial score (nSPS) is 25.3. The van der Waals surface area contributed by atoms with Crippen LogP contribution in [0, 0.1) is 0 Å². The van der Waals surface area contributed by atoms with Crippen molar-refractivity contribution in [1.29, 1.82) is 0 Å². The third kappa shape index (κ3) is 5.02. The smallest absolute Gasteiger partial charge is 0.266 e. The molecule has 2 fully saturated rings. The van der Waals surface area contributed by atoms with E-state index in [9.17, 15) is 19.8 Å². The number of ether oxygens (including phenoxy) is 2. The molecule has 2 saturated heterocycles. The van der Waals surface area contributed by atoms with Crippen LogP contribution in [0.15, 0.2) is 72.8 Å². The number of aliphatic hydroxyl groups is 2. The van der Waals surface area contributed by atoms with E-state index < -0.39 is 6.29 Å². The van der Waals surface area contributed by atoms with Gasteiger partial charge in [0.1, 0.15) is 0 Å². The van der Waals surface area contributed by atoms with Crippen molar-refractivity contribution >= 4 is 17.5 Å². The van der Waals surface area contributed by atoms with Gasteiger partial charge in [0.25, 0.3) is 11.8 Å². The lowest BCUT2D eigenvalue weighted by Gasteiger charge is -2.38. The monoisotopic (exact) mass is 528 g/mol. The van der Waals surface area contributed by atoms with Gasteiger partial charge >= 0.3 is 0 Å². The molecule has 202 valence electrons. The first-order valence-electron chi connectivity index (χ1n) is 13.5. The predicted molar refractivity (Wildman–Crippen MR) is 144 cm³/mol. The van der Waals surface area contributed by atoms with Crippen molar-refractivity contribution in [1.82, 2.24) is 4.90 Å². The second-order valence-corrected chi connectivity index (χ2v) is 10.4. The van der Waals surface area contributed by atoms with Gasteiger partial charge in [0, 0.05) is 24.6 Å². The maximum Gasteiger partial charge on any atom is 0.266 e. The van der Waals surface area contributed by atoms with Crippen molar-refractivity contribution in [2.75, 3.05) is 24.6 Å². The molecule has 8 nitrogen and oxygen atoms in total. The fourth-order valence-corrected chi connectivity index (χ4v) is 5.84. The molecule has 0 bridgehead atoms. The van der Waals surface area contributed by atoms with Crippen molar-refractivity contribution in [2.45, 2.75) is 50.4 Å². The molecule has 8 heteroatoms. The fraction of sp³-hybridized carbons (Fsp3) is 0.355. The van der Waals surface area contributed by atoms with Gasteiger partial charge in [-0.15, -0.1) is 0 Å². The number of aliphatic hydroxyl groups excluding tert-OH is 2. The Balaban J connectivity index is 1.24. The molecule has 6 rings (SSSR count). The van der Waals surface area contributed by atoms with E-state index in [4.69, 9.17) is 9.47 Å². The summed E-state index contributed by atoms with van der Waals surface area (Å²) < 4.78 is 12.9. The Kier molecular flexibility index (Phi) is 7.29. The summed E-state index contributed by atoms with van der Waals surface area (Å²) in [5.41, 5.74) is 3.95. The Morgan fingerprint density at radius 1 is 0.821 bits per heavy atom. The molecule has 3 aliphatic rings. The zero-order valence-corrected chi connectivity index (χ0v) is 21.6. The minimum Gasteiger partial charge on any atom is -0.395 e. The Bertz CT molecular complexity index is 1310. The minimum atomic E-state index is -0.641. The highest BCUT2D eigenvalue weighted by Gasteiger charge is 2.38. The van der Waals surface area contributed by atoms with Gasteiger partial charge in [-0.3, -0.25) is 14.5 Å². The molecule has 0 saturated carbocycles. The zero-order valence-electron chi connectivity index (χ0n) is 21.6. The van der Waals surface area contributed by atoms with Crippen LogP contribution in [0.4, 0.5) is 5.69 Å². The number of anilines is 1. The number of rotatable bonds is 7. The highest BCUT2D eigenvalue weighted by atomic mass is 16.7. The topological polar surface area (TPSA) is 99.5 Å². The van der Waals surface area contributed by atoms with Crippen molar-refractivity contribution in [3.05, 3.63) is 101 Å². The van der Waals surface area contributed by atoms with Crippen molar-refractivity contribution in [3.63, 3.8) is 0 Å². The average molecular weight is 529 g/mol. The molecule has 3 aromatic rings. The van der Waals surface area contributed by atoms with E-state index in [1.807, 2.05) is 36.4 Å². The Labute approximate surface area is 227 Å². The van der Waals surface area contributed by atoms with Gasteiger partial charge in [0.05, 0.1) is 42.2 Å². The van der Waals surface area contributed by atoms with Crippen LogP contribution in [-0.2, 0) is 16.1 Å². The fourth-order valence-electron chi connectivity index (χ4n) is 5.84. The molecule has 0 aliphatic carbocycles. The largest absolute Gasteiger partial charge is 0.395 e. The molecule has 2 N–H and O–H groups in total. The van der Waals surface area contributed by atoms with Crippen LogP contribution in [0.5, 0.6) is 0 Å². The van der Waals surface area contributed by atoms with E-state index in [0.29, 0.717) is 29.8 Å². The highest BCUT2D eigenvalue weighted by molar-refractivity contribution is 6.34. The number of nitrogens with zero attached hydrogens (tertiary/aromatic N) is 2. The Morgan fingerprint density at radius 3 is 2.13 bits per heavy atom. The van der Waals surface area contributed by atoms with Crippen LogP contribution in [0.2, 0.25) is 0 Å². The summed E-state index contributed by atoms with van der Waals surface area (Å²) in [6, 6.07) is 21.9. The summed E-state index contributed by atoms with van der Waals surface area (Å²) in [6.45, 7) is 1.75. The molecule has 0 unspecified atom stereocenters. The van der Waals surface area contributed by atoms with Crippen LogP contribution in [0.3, 0.4) is 0 Å². The number of hydrogen-bond donors (Lipinski definition) is 2. The van der Waals surface area contributed by atoms with Crippen molar-refractivity contribution in [2.24, 2.45) is 0 Å². The molecular weight excluding hydrogens is 496 g/mol. The molecule has 0 spiro atoms. The Hall–Kier alpha value is -3.40. The van der Waals surface area contributed by atoms with Gasteiger partial charge in [-0.1, -0.05) is 48.5 Å². The average Bonchev–Trinajstić information content (AvgIpc) is 3.54. The summed E-state index contributed by atoms with van der Waals surface area (Å²) in [5.74, 6) is -0.659. The van der Waals surface area contributed by atoms with Gasteiger partial charge in [-0.25, -0.2) is 4.90 Å². The lowest BCUT2D eigenvalue weighted by Crippen LogP contribution is -2.42. The van der Waals surface area contributed by atoms with E-state index in [0.717, 1.165) is 36.1 Å². The summed E-state index contributed by atoms with van der Waals surface area (Å²) in [7, 11) is 0. The van der Waals surface area contributed by atoms with Crippen LogP contribution in [0.1, 0.15) is 69.1 Å². The van der Waals surface area contributed by atoms with Crippen LogP contribution in [0.25, 0.3) is 0 Å². The summed E-state index contributed by atoms with van der Waals surface area (Å²) in [6.07, 6.45) is 1.73. The lowest BCUT2D eigenvalue weighted by molar-refractivity contribution is -0.253. The minimum absolute atomic E-state index is 0.0167. The standard InChI is InChI=1S/C31H32N2O6/c34-18-20-7-9-21(10-8-20)28-16-25(17-32-15-3-4-24(32)19-35)38-31(39-28)22-11-13-23(14-12-22)33-29(36)26-5-1-2-6-27(26)30(33)37/h1-2,5-14,24-25,28,31,34-35H,3-4,15-19H2/t24-,25-,28+,31+/m0/s1. The molecule has 0 radical (unpaired) electrons. The van der Waals surface area contributed by atoms with Crippen LogP contribution < -0.4 is 4.90 Å². The van der Waals surface area contributed by atoms with Gasteiger partial charge in [0.15, 0.2) is 6.29 Å². The number of likely N-dealkylation sites (tertiary alicyclic amines) is 1. The number of hydrogen-bond acceptors (Lipinski definition) is 7. The van der Waals surface area contributed by atoms with E-state index in [1.54, 1.807) is 36.4 Å². The number of amides is 2.